The van der Waals surface area contributed by atoms with Crippen molar-refractivity contribution in [2.24, 2.45) is 0 Å². The predicted molar refractivity (Wildman–Crippen MR) is 104 cm³/mol. The van der Waals surface area contributed by atoms with Gasteiger partial charge in [-0.25, -0.2) is 13.8 Å². The summed E-state index contributed by atoms with van der Waals surface area (Å²) in [6.45, 7) is 6.21. The molecule has 0 spiro atoms. The van der Waals surface area contributed by atoms with E-state index in [0.717, 1.165) is 4.57 Å². The van der Waals surface area contributed by atoms with Crippen molar-refractivity contribution >= 4 is 27.5 Å². The minimum atomic E-state index is -0.614. The summed E-state index contributed by atoms with van der Waals surface area (Å²) in [6.07, 6.45) is 0. The van der Waals surface area contributed by atoms with E-state index in [4.69, 9.17) is 0 Å². The second-order valence-electron chi connectivity index (χ2n) is 6.14. The number of hydrogen-bond donors (Lipinski definition) is 0. The van der Waals surface area contributed by atoms with Crippen LogP contribution in [0.25, 0.3) is 15.9 Å². The molecule has 0 bridgehead atoms. The van der Waals surface area contributed by atoms with Gasteiger partial charge in [0, 0.05) is 13.1 Å². The van der Waals surface area contributed by atoms with Crippen LogP contribution in [0, 0.1) is 12.7 Å². The number of thiophene rings is 1. The monoisotopic (exact) mass is 389 g/mol. The van der Waals surface area contributed by atoms with Crippen molar-refractivity contribution in [1.82, 2.24) is 14.0 Å². The molecule has 2 heterocycles. The van der Waals surface area contributed by atoms with Crippen molar-refractivity contribution in [2.75, 3.05) is 13.1 Å². The fourth-order valence-electron chi connectivity index (χ4n) is 3.05. The zero-order valence-electron chi connectivity index (χ0n) is 15.4. The molecule has 27 heavy (non-hydrogen) atoms. The molecule has 0 saturated heterocycles. The number of nitrogens with zero attached hydrogens (tertiary/aromatic N) is 3. The van der Waals surface area contributed by atoms with Gasteiger partial charge in [0.25, 0.3) is 5.56 Å². The second kappa shape index (κ2) is 7.48. The molecule has 8 heteroatoms. The van der Waals surface area contributed by atoms with Gasteiger partial charge in [0.15, 0.2) is 0 Å². The zero-order chi connectivity index (χ0) is 19.7. The van der Waals surface area contributed by atoms with Gasteiger partial charge < -0.3 is 4.90 Å². The summed E-state index contributed by atoms with van der Waals surface area (Å²) in [5, 5.41) is 1.71. The first-order chi connectivity index (χ1) is 12.9. The first-order valence-corrected chi connectivity index (χ1v) is 9.54. The molecule has 0 fully saturated rings. The van der Waals surface area contributed by atoms with E-state index < -0.39 is 17.1 Å². The molecule has 3 rings (SSSR count). The van der Waals surface area contributed by atoms with E-state index in [1.54, 1.807) is 23.3 Å². The molecule has 0 radical (unpaired) electrons. The Morgan fingerprint density at radius 2 is 1.89 bits per heavy atom. The van der Waals surface area contributed by atoms with Gasteiger partial charge in [-0.05, 0) is 56.0 Å². The van der Waals surface area contributed by atoms with Crippen LogP contribution in [0.1, 0.15) is 19.4 Å². The number of rotatable bonds is 5. The summed E-state index contributed by atoms with van der Waals surface area (Å²) in [7, 11) is 0. The summed E-state index contributed by atoms with van der Waals surface area (Å²) in [5.74, 6) is -0.615. The molecule has 1 amide bonds. The Morgan fingerprint density at radius 3 is 2.52 bits per heavy atom. The molecule has 0 saturated carbocycles. The largest absolute Gasteiger partial charge is 0.342 e. The van der Waals surface area contributed by atoms with E-state index in [1.807, 2.05) is 13.8 Å². The molecular formula is C19H20FN3O3S. The molecule has 0 aliphatic carbocycles. The molecule has 0 aliphatic heterocycles. The average molecular weight is 389 g/mol. The van der Waals surface area contributed by atoms with Gasteiger partial charge in [-0.3, -0.25) is 14.2 Å². The summed E-state index contributed by atoms with van der Waals surface area (Å²) < 4.78 is 16.3. The Balaban J connectivity index is 2.24. The van der Waals surface area contributed by atoms with Crippen molar-refractivity contribution < 1.29 is 9.18 Å². The lowest BCUT2D eigenvalue weighted by Crippen LogP contribution is -2.42. The minimum Gasteiger partial charge on any atom is -0.342 e. The van der Waals surface area contributed by atoms with Crippen LogP contribution in [0.2, 0.25) is 0 Å². The maximum atomic E-state index is 13.6. The van der Waals surface area contributed by atoms with Crippen molar-refractivity contribution in [3.8, 4) is 5.69 Å². The van der Waals surface area contributed by atoms with Crippen LogP contribution >= 0.6 is 11.3 Å². The highest BCUT2D eigenvalue weighted by Gasteiger charge is 2.19. The zero-order valence-corrected chi connectivity index (χ0v) is 16.2. The Morgan fingerprint density at radius 1 is 1.19 bits per heavy atom. The van der Waals surface area contributed by atoms with E-state index in [0.29, 0.717) is 28.9 Å². The first kappa shape index (κ1) is 19.0. The normalized spacial score (nSPS) is 11.1. The summed E-state index contributed by atoms with van der Waals surface area (Å²) >= 11 is 1.21. The molecule has 6 nitrogen and oxygen atoms in total. The summed E-state index contributed by atoms with van der Waals surface area (Å²) in [4.78, 5) is 40.1. The Kier molecular flexibility index (Phi) is 5.27. The Bertz CT molecular complexity index is 1130. The molecule has 1 aromatic carbocycles. The second-order valence-corrected chi connectivity index (χ2v) is 7.06. The van der Waals surface area contributed by atoms with Crippen LogP contribution in [-0.4, -0.2) is 33.0 Å². The topological polar surface area (TPSA) is 64.3 Å². The lowest BCUT2D eigenvalue weighted by molar-refractivity contribution is -0.131. The van der Waals surface area contributed by atoms with Gasteiger partial charge in [-0.2, -0.15) is 0 Å². The molecule has 0 aliphatic rings. The lowest BCUT2D eigenvalue weighted by atomic mass is 10.2. The molecule has 3 aromatic rings. The van der Waals surface area contributed by atoms with E-state index in [-0.39, 0.29) is 18.1 Å². The molecule has 0 atom stereocenters. The Hall–Kier alpha value is -2.74. The smallest absolute Gasteiger partial charge is 0.336 e. The summed E-state index contributed by atoms with van der Waals surface area (Å²) in [6, 6.07) is 5.73. The van der Waals surface area contributed by atoms with Gasteiger partial charge in [0.1, 0.15) is 17.1 Å². The number of likely N-dealkylation sites (N-methyl/N-ethyl adjacent to an activating group) is 1. The molecular weight excluding hydrogens is 369 g/mol. The van der Waals surface area contributed by atoms with Crippen molar-refractivity contribution in [3.05, 3.63) is 61.9 Å². The third-order valence-electron chi connectivity index (χ3n) is 4.56. The van der Waals surface area contributed by atoms with E-state index in [1.165, 1.54) is 34.1 Å². The van der Waals surface area contributed by atoms with Crippen molar-refractivity contribution in [1.29, 1.82) is 0 Å². The number of halogens is 1. The molecule has 142 valence electrons. The Labute approximate surface area is 159 Å². The SMILES string of the molecule is CCN(CC)C(=O)Cn1c(=O)n(-c2ccc(F)c(C)c2)c(=O)c2sccc21. The highest BCUT2D eigenvalue weighted by atomic mass is 32.1. The van der Waals surface area contributed by atoms with Gasteiger partial charge in [-0.1, -0.05) is 0 Å². The molecule has 0 unspecified atom stereocenters. The third kappa shape index (κ3) is 3.32. The number of hydrogen-bond acceptors (Lipinski definition) is 4. The fourth-order valence-corrected chi connectivity index (χ4v) is 3.87. The first-order valence-electron chi connectivity index (χ1n) is 8.66. The van der Waals surface area contributed by atoms with Crippen LogP contribution in [0.3, 0.4) is 0 Å². The highest BCUT2D eigenvalue weighted by Crippen LogP contribution is 2.17. The van der Waals surface area contributed by atoms with Gasteiger partial charge in [0.05, 0.1) is 11.2 Å². The van der Waals surface area contributed by atoms with Gasteiger partial charge in [0.2, 0.25) is 5.91 Å². The quantitative estimate of drug-likeness (QED) is 0.674. The number of aryl methyl sites for hydroxylation is 1. The number of benzene rings is 1. The van der Waals surface area contributed by atoms with Crippen LogP contribution in [-0.2, 0) is 11.3 Å². The van der Waals surface area contributed by atoms with Crippen LogP contribution < -0.4 is 11.2 Å². The van der Waals surface area contributed by atoms with Crippen molar-refractivity contribution in [3.63, 3.8) is 0 Å². The predicted octanol–water partition coefficient (Wildman–Crippen LogP) is 2.53. The fraction of sp³-hybridized carbons (Fsp3) is 0.316. The van der Waals surface area contributed by atoms with Gasteiger partial charge >= 0.3 is 5.69 Å². The standard InChI is InChI=1S/C19H20FN3O3S/c1-4-21(5-2)16(24)11-22-15-8-9-27-17(15)18(25)23(19(22)26)13-6-7-14(20)12(3)10-13/h6-10H,4-5,11H2,1-3H3. The molecule has 2 aromatic heterocycles. The van der Waals surface area contributed by atoms with E-state index in [9.17, 15) is 18.8 Å². The number of fused-ring (bicyclic) bond motifs is 1. The van der Waals surface area contributed by atoms with Crippen molar-refractivity contribution in [2.45, 2.75) is 27.3 Å². The number of aromatic nitrogens is 2. The number of carbonyl (C=O) groups is 1. The lowest BCUT2D eigenvalue weighted by Gasteiger charge is -2.20. The van der Waals surface area contributed by atoms with Gasteiger partial charge in [-0.15, -0.1) is 11.3 Å². The third-order valence-corrected chi connectivity index (χ3v) is 5.46. The van der Waals surface area contributed by atoms with Crippen LogP contribution in [0.5, 0.6) is 0 Å². The highest BCUT2D eigenvalue weighted by molar-refractivity contribution is 7.17. The van der Waals surface area contributed by atoms with Crippen LogP contribution in [0.4, 0.5) is 4.39 Å². The maximum absolute atomic E-state index is 13.6. The average Bonchev–Trinajstić information content (AvgIpc) is 3.13. The number of amides is 1. The van der Waals surface area contributed by atoms with Crippen LogP contribution in [0.15, 0.2) is 39.2 Å². The number of carbonyl (C=O) groups excluding carboxylic acids is 1. The van der Waals surface area contributed by atoms with E-state index >= 15 is 0 Å². The van der Waals surface area contributed by atoms with E-state index in [2.05, 4.69) is 0 Å². The maximum Gasteiger partial charge on any atom is 0.336 e. The molecule has 0 N–H and O–H groups in total. The minimum absolute atomic E-state index is 0.159. The summed E-state index contributed by atoms with van der Waals surface area (Å²) in [5.41, 5.74) is -0.0374.